The third kappa shape index (κ3) is 3.00. The summed E-state index contributed by atoms with van der Waals surface area (Å²) in [6, 6.07) is 8.31. The zero-order chi connectivity index (χ0) is 21.9. The van der Waals surface area contributed by atoms with Crippen LogP contribution in [0.4, 0.5) is 0 Å². The van der Waals surface area contributed by atoms with Gasteiger partial charge in [0.2, 0.25) is 11.8 Å². The first kappa shape index (κ1) is 20.5. The van der Waals surface area contributed by atoms with Crippen molar-refractivity contribution in [2.75, 3.05) is 0 Å². The van der Waals surface area contributed by atoms with Gasteiger partial charge >= 0.3 is 0 Å². The van der Waals surface area contributed by atoms with Gasteiger partial charge in [0.15, 0.2) is 0 Å². The molecule has 5 atom stereocenters. The van der Waals surface area contributed by atoms with Crippen LogP contribution in [0, 0.1) is 12.8 Å². The van der Waals surface area contributed by atoms with Gasteiger partial charge < -0.3 is 15.0 Å². The number of likely N-dealkylation sites (tertiary alicyclic amines) is 1. The van der Waals surface area contributed by atoms with Gasteiger partial charge in [0.05, 0.1) is 12.0 Å². The second-order valence-corrected chi connectivity index (χ2v) is 10.6. The van der Waals surface area contributed by atoms with Crippen molar-refractivity contribution in [1.29, 1.82) is 0 Å². The first-order valence-corrected chi connectivity index (χ1v) is 12.6. The highest BCUT2D eigenvalue weighted by Crippen LogP contribution is 2.59. The summed E-state index contributed by atoms with van der Waals surface area (Å²) in [5.41, 5.74) is 1.52. The van der Waals surface area contributed by atoms with Crippen molar-refractivity contribution in [2.24, 2.45) is 5.92 Å². The molecule has 32 heavy (non-hydrogen) atoms. The first-order valence-electron chi connectivity index (χ1n) is 12.6. The third-order valence-electron chi connectivity index (χ3n) is 8.69. The number of fused-ring (bicyclic) bond motifs is 1. The summed E-state index contributed by atoms with van der Waals surface area (Å²) in [6.45, 7) is 2.08. The molecule has 0 aromatic heterocycles. The van der Waals surface area contributed by atoms with Crippen LogP contribution in [0.15, 0.2) is 36.4 Å². The molecule has 2 bridgehead atoms. The monoisotopic (exact) mass is 434 g/mol. The largest absolute Gasteiger partial charge is 0.359 e. The fourth-order valence-electron chi connectivity index (χ4n) is 7.18. The van der Waals surface area contributed by atoms with Crippen LogP contribution < -0.4 is 5.32 Å². The van der Waals surface area contributed by atoms with Crippen LogP contribution in [0.5, 0.6) is 0 Å². The van der Waals surface area contributed by atoms with E-state index in [1.165, 1.54) is 24.8 Å². The van der Waals surface area contributed by atoms with Gasteiger partial charge in [0.1, 0.15) is 11.6 Å². The summed E-state index contributed by atoms with van der Waals surface area (Å²) in [5, 5.41) is 3.32. The minimum absolute atomic E-state index is 0.00632. The Morgan fingerprint density at radius 3 is 2.44 bits per heavy atom. The number of rotatable bonds is 4. The van der Waals surface area contributed by atoms with Gasteiger partial charge in [-0.3, -0.25) is 9.59 Å². The van der Waals surface area contributed by atoms with Crippen molar-refractivity contribution < 1.29 is 14.3 Å². The standard InChI is InChI=1S/C27H34N2O3/c1-17-11-13-18(14-12-17)22-21-15-16-27(32-21)23(22)26(31)29(20-9-3-2-4-10-20)24(27)25(30)28-19-7-5-6-8-19/h11-16,19-24H,2-10H2,1H3,(H,28,30)/t21-,22+,23-,24+,27-/m0/s1. The minimum Gasteiger partial charge on any atom is -0.359 e. The van der Waals surface area contributed by atoms with Crippen LogP contribution >= 0.6 is 0 Å². The molecular formula is C27H34N2O3. The number of nitrogens with zero attached hydrogens (tertiary/aromatic N) is 1. The molecule has 2 saturated heterocycles. The topological polar surface area (TPSA) is 58.6 Å². The van der Waals surface area contributed by atoms with E-state index in [-0.39, 0.29) is 41.8 Å². The van der Waals surface area contributed by atoms with Gasteiger partial charge in [-0.15, -0.1) is 0 Å². The highest BCUT2D eigenvalue weighted by Gasteiger charge is 2.72. The fraction of sp³-hybridized carbons (Fsp3) is 0.630. The zero-order valence-electron chi connectivity index (χ0n) is 19.0. The average Bonchev–Trinajstić information content (AvgIpc) is 3.57. The number of carbonyl (C=O) groups is 2. The number of carbonyl (C=O) groups excluding carboxylic acids is 2. The number of benzene rings is 1. The van der Waals surface area contributed by atoms with Crippen molar-refractivity contribution in [2.45, 2.75) is 100 Å². The van der Waals surface area contributed by atoms with Gasteiger partial charge in [0, 0.05) is 18.0 Å². The molecule has 0 unspecified atom stereocenters. The van der Waals surface area contributed by atoms with Crippen molar-refractivity contribution in [3.8, 4) is 0 Å². The number of hydrogen-bond acceptors (Lipinski definition) is 3. The molecule has 170 valence electrons. The molecule has 3 aliphatic heterocycles. The van der Waals surface area contributed by atoms with Crippen LogP contribution in [0.2, 0.25) is 0 Å². The molecular weight excluding hydrogens is 400 g/mol. The molecule has 5 aliphatic rings. The Morgan fingerprint density at radius 1 is 1.03 bits per heavy atom. The Kier molecular flexibility index (Phi) is 4.94. The lowest BCUT2D eigenvalue weighted by Gasteiger charge is -2.38. The Balaban J connectivity index is 1.39. The van der Waals surface area contributed by atoms with Crippen LogP contribution in [0.1, 0.15) is 74.8 Å². The summed E-state index contributed by atoms with van der Waals surface area (Å²) in [5.74, 6) is -0.223. The van der Waals surface area contributed by atoms with Crippen molar-refractivity contribution >= 4 is 11.8 Å². The van der Waals surface area contributed by atoms with Crippen molar-refractivity contribution in [3.05, 3.63) is 47.5 Å². The van der Waals surface area contributed by atoms with E-state index in [0.717, 1.165) is 44.1 Å². The second-order valence-electron chi connectivity index (χ2n) is 10.6. The molecule has 2 amide bonds. The maximum Gasteiger partial charge on any atom is 0.246 e. The van der Waals surface area contributed by atoms with E-state index in [2.05, 4.69) is 48.7 Å². The Bertz CT molecular complexity index is 929. The summed E-state index contributed by atoms with van der Waals surface area (Å²) in [6.07, 6.45) is 13.9. The lowest BCUT2D eigenvalue weighted by Crippen LogP contribution is -2.58. The van der Waals surface area contributed by atoms with Crippen molar-refractivity contribution in [3.63, 3.8) is 0 Å². The predicted molar refractivity (Wildman–Crippen MR) is 122 cm³/mol. The van der Waals surface area contributed by atoms with Crippen LogP contribution in [-0.4, -0.2) is 46.5 Å². The Labute approximate surface area is 190 Å². The van der Waals surface area contributed by atoms with E-state index in [4.69, 9.17) is 4.74 Å². The lowest BCUT2D eigenvalue weighted by atomic mass is 9.72. The van der Waals surface area contributed by atoms with E-state index in [1.807, 2.05) is 4.90 Å². The number of ether oxygens (including phenoxy) is 1. The smallest absolute Gasteiger partial charge is 0.246 e. The molecule has 4 fully saturated rings. The maximum atomic E-state index is 14.1. The predicted octanol–water partition coefficient (Wildman–Crippen LogP) is 4.00. The summed E-state index contributed by atoms with van der Waals surface area (Å²) >= 11 is 0. The minimum atomic E-state index is -0.836. The summed E-state index contributed by atoms with van der Waals surface area (Å²) in [4.78, 5) is 29.9. The summed E-state index contributed by atoms with van der Waals surface area (Å²) < 4.78 is 6.64. The van der Waals surface area contributed by atoms with Gasteiger partial charge in [-0.1, -0.05) is 74.1 Å². The Morgan fingerprint density at radius 2 is 1.72 bits per heavy atom. The quantitative estimate of drug-likeness (QED) is 0.729. The molecule has 1 aromatic carbocycles. The molecule has 5 heteroatoms. The van der Waals surface area contributed by atoms with Crippen LogP contribution in [-0.2, 0) is 14.3 Å². The first-order chi connectivity index (χ1) is 15.6. The maximum absolute atomic E-state index is 14.1. The van der Waals surface area contributed by atoms with Gasteiger partial charge in [-0.2, -0.15) is 0 Å². The molecule has 5 nitrogen and oxygen atoms in total. The molecule has 0 radical (unpaired) electrons. The normalized spacial score (nSPS) is 36.8. The van der Waals surface area contributed by atoms with Gasteiger partial charge in [-0.25, -0.2) is 0 Å². The zero-order valence-corrected chi connectivity index (χ0v) is 19.0. The van der Waals surface area contributed by atoms with E-state index >= 15 is 0 Å². The highest BCUT2D eigenvalue weighted by atomic mass is 16.5. The SMILES string of the molecule is Cc1ccc([C@@H]2[C@@H]3C=C[C@]4(O3)[C@@H]2C(=O)N(C2CCCCC2)[C@@H]4C(=O)NC2CCCC2)cc1. The molecule has 1 aromatic rings. The third-order valence-corrected chi connectivity index (χ3v) is 8.69. The molecule has 1 spiro atoms. The molecule has 2 aliphatic carbocycles. The van der Waals surface area contributed by atoms with Gasteiger partial charge in [-0.05, 0) is 38.2 Å². The van der Waals surface area contributed by atoms with Crippen LogP contribution in [0.25, 0.3) is 0 Å². The number of nitrogens with one attached hydrogen (secondary N) is 1. The van der Waals surface area contributed by atoms with Crippen LogP contribution in [0.3, 0.4) is 0 Å². The Hall–Kier alpha value is -2.14. The molecule has 2 saturated carbocycles. The lowest BCUT2D eigenvalue weighted by molar-refractivity contribution is -0.143. The number of hydrogen-bond donors (Lipinski definition) is 1. The van der Waals surface area contributed by atoms with E-state index < -0.39 is 11.6 Å². The van der Waals surface area contributed by atoms with E-state index in [1.54, 1.807) is 0 Å². The second kappa shape index (κ2) is 7.72. The number of amides is 2. The van der Waals surface area contributed by atoms with E-state index in [0.29, 0.717) is 0 Å². The molecule has 3 heterocycles. The fourth-order valence-corrected chi connectivity index (χ4v) is 7.18. The molecule has 6 rings (SSSR count). The van der Waals surface area contributed by atoms with E-state index in [9.17, 15) is 9.59 Å². The number of aryl methyl sites for hydroxylation is 1. The van der Waals surface area contributed by atoms with Gasteiger partial charge in [0.25, 0.3) is 0 Å². The highest BCUT2D eigenvalue weighted by molar-refractivity contribution is 5.97. The summed E-state index contributed by atoms with van der Waals surface area (Å²) in [7, 11) is 0. The molecule has 1 N–H and O–H groups in total. The average molecular weight is 435 g/mol. The van der Waals surface area contributed by atoms with Crippen molar-refractivity contribution in [1.82, 2.24) is 10.2 Å².